The molecule has 1 rings (SSSR count). The number of aryl methyl sites for hydroxylation is 1. The highest BCUT2D eigenvalue weighted by atomic mass is 79.9. The number of benzene rings is 1. The Balaban J connectivity index is 2.49. The van der Waals surface area contributed by atoms with Gasteiger partial charge in [0.25, 0.3) is 0 Å². The van der Waals surface area contributed by atoms with Crippen molar-refractivity contribution in [2.75, 3.05) is 20.3 Å². The second-order valence-corrected chi connectivity index (χ2v) is 4.51. The average Bonchev–Trinajstić information content (AvgIpc) is 2.23. The lowest BCUT2D eigenvalue weighted by Gasteiger charge is -2.07. The smallest absolute Gasteiger partial charge is 0.224 e. The highest BCUT2D eigenvalue weighted by Crippen LogP contribution is 2.16. The van der Waals surface area contributed by atoms with Gasteiger partial charge in [0.1, 0.15) is 0 Å². The fourth-order valence-corrected chi connectivity index (χ4v) is 1.86. The normalized spacial score (nSPS) is 10.2. The minimum Gasteiger partial charge on any atom is -0.383 e. The van der Waals surface area contributed by atoms with Crippen LogP contribution in [0.3, 0.4) is 0 Å². The zero-order chi connectivity index (χ0) is 12.0. The molecule has 0 spiro atoms. The summed E-state index contributed by atoms with van der Waals surface area (Å²) < 4.78 is 5.90. The number of hydrogen-bond donors (Lipinski definition) is 1. The molecule has 0 aliphatic heterocycles. The molecule has 1 N–H and O–H groups in total. The molecular formula is C12H16BrNO2. The molecule has 88 valence electrons. The van der Waals surface area contributed by atoms with Crippen molar-refractivity contribution in [2.24, 2.45) is 0 Å². The number of ether oxygens (including phenoxy) is 1. The van der Waals surface area contributed by atoms with Crippen molar-refractivity contribution in [3.05, 3.63) is 33.8 Å². The van der Waals surface area contributed by atoms with Gasteiger partial charge in [-0.2, -0.15) is 0 Å². The van der Waals surface area contributed by atoms with Gasteiger partial charge in [0.2, 0.25) is 5.91 Å². The van der Waals surface area contributed by atoms with E-state index in [0.717, 1.165) is 15.6 Å². The van der Waals surface area contributed by atoms with E-state index in [1.807, 2.05) is 25.1 Å². The van der Waals surface area contributed by atoms with Gasteiger partial charge in [0.05, 0.1) is 13.0 Å². The first-order chi connectivity index (χ1) is 7.63. The van der Waals surface area contributed by atoms with Crippen LogP contribution in [0, 0.1) is 6.92 Å². The van der Waals surface area contributed by atoms with Gasteiger partial charge in [0, 0.05) is 18.1 Å². The first kappa shape index (κ1) is 13.2. The van der Waals surface area contributed by atoms with Gasteiger partial charge in [-0.15, -0.1) is 0 Å². The second kappa shape index (κ2) is 6.66. The van der Waals surface area contributed by atoms with Crippen LogP contribution in [0.4, 0.5) is 0 Å². The maximum absolute atomic E-state index is 11.5. The largest absolute Gasteiger partial charge is 0.383 e. The molecule has 0 saturated carbocycles. The predicted octanol–water partition coefficient (Wildman–Crippen LogP) is 2.06. The number of carbonyl (C=O) groups is 1. The molecule has 0 heterocycles. The number of hydrogen-bond acceptors (Lipinski definition) is 2. The zero-order valence-electron chi connectivity index (χ0n) is 9.55. The van der Waals surface area contributed by atoms with Crippen molar-refractivity contribution in [1.82, 2.24) is 5.32 Å². The zero-order valence-corrected chi connectivity index (χ0v) is 11.1. The van der Waals surface area contributed by atoms with Crippen molar-refractivity contribution in [2.45, 2.75) is 13.3 Å². The Bertz CT molecular complexity index is 366. The summed E-state index contributed by atoms with van der Waals surface area (Å²) in [5.41, 5.74) is 2.18. The van der Waals surface area contributed by atoms with Gasteiger partial charge in [-0.1, -0.05) is 22.0 Å². The Morgan fingerprint density at radius 3 is 2.88 bits per heavy atom. The summed E-state index contributed by atoms with van der Waals surface area (Å²) in [6.07, 6.45) is 0.419. The minimum absolute atomic E-state index is 0.0301. The molecule has 0 bridgehead atoms. The number of amides is 1. The van der Waals surface area contributed by atoms with E-state index in [1.165, 1.54) is 0 Å². The third kappa shape index (κ3) is 4.33. The van der Waals surface area contributed by atoms with E-state index in [1.54, 1.807) is 7.11 Å². The van der Waals surface area contributed by atoms with Crippen molar-refractivity contribution >= 4 is 21.8 Å². The van der Waals surface area contributed by atoms with Gasteiger partial charge >= 0.3 is 0 Å². The topological polar surface area (TPSA) is 38.3 Å². The molecule has 0 aliphatic carbocycles. The molecular weight excluding hydrogens is 270 g/mol. The Morgan fingerprint density at radius 2 is 2.25 bits per heavy atom. The van der Waals surface area contributed by atoms with Crippen LogP contribution < -0.4 is 5.32 Å². The fraction of sp³-hybridized carbons (Fsp3) is 0.417. The second-order valence-electron chi connectivity index (χ2n) is 3.59. The molecule has 0 atom stereocenters. The Labute approximate surface area is 104 Å². The summed E-state index contributed by atoms with van der Waals surface area (Å²) in [5.74, 6) is 0.0301. The van der Waals surface area contributed by atoms with Gasteiger partial charge in [-0.25, -0.2) is 0 Å². The van der Waals surface area contributed by atoms with E-state index in [9.17, 15) is 4.79 Å². The lowest BCUT2D eigenvalue weighted by atomic mass is 10.1. The first-order valence-corrected chi connectivity index (χ1v) is 5.93. The standard InChI is InChI=1S/C12H16BrNO2/c1-9-7-11(13)4-3-10(9)8-12(15)14-5-6-16-2/h3-4,7H,5-6,8H2,1-2H3,(H,14,15). The van der Waals surface area contributed by atoms with Crippen LogP contribution in [0.5, 0.6) is 0 Å². The Kier molecular flexibility index (Phi) is 5.49. The van der Waals surface area contributed by atoms with Gasteiger partial charge in [-0.3, -0.25) is 4.79 Å². The summed E-state index contributed by atoms with van der Waals surface area (Å²) in [6.45, 7) is 3.11. The van der Waals surface area contributed by atoms with Crippen LogP contribution in [0.15, 0.2) is 22.7 Å². The van der Waals surface area contributed by atoms with E-state index in [4.69, 9.17) is 4.74 Å². The van der Waals surface area contributed by atoms with Crippen LogP contribution in [0.2, 0.25) is 0 Å². The SMILES string of the molecule is COCCNC(=O)Cc1ccc(Br)cc1C. The lowest BCUT2D eigenvalue weighted by Crippen LogP contribution is -2.28. The number of rotatable bonds is 5. The molecule has 0 radical (unpaired) electrons. The molecule has 0 aliphatic rings. The predicted molar refractivity (Wildman–Crippen MR) is 67.5 cm³/mol. The lowest BCUT2D eigenvalue weighted by molar-refractivity contribution is -0.120. The molecule has 0 unspecified atom stereocenters. The minimum atomic E-state index is 0.0301. The van der Waals surface area contributed by atoms with Gasteiger partial charge in [-0.05, 0) is 30.2 Å². The van der Waals surface area contributed by atoms with Crippen molar-refractivity contribution in [3.8, 4) is 0 Å². The maximum Gasteiger partial charge on any atom is 0.224 e. The molecule has 1 aromatic carbocycles. The summed E-state index contributed by atoms with van der Waals surface area (Å²) in [6, 6.07) is 5.93. The molecule has 0 saturated heterocycles. The maximum atomic E-state index is 11.5. The van der Waals surface area contributed by atoms with Crippen molar-refractivity contribution in [3.63, 3.8) is 0 Å². The van der Waals surface area contributed by atoms with Gasteiger partial charge < -0.3 is 10.1 Å². The molecule has 0 aromatic heterocycles. The first-order valence-electron chi connectivity index (χ1n) is 5.14. The highest BCUT2D eigenvalue weighted by Gasteiger charge is 2.05. The van der Waals surface area contributed by atoms with E-state index in [0.29, 0.717) is 19.6 Å². The van der Waals surface area contributed by atoms with Crippen LogP contribution in [-0.2, 0) is 16.0 Å². The molecule has 4 heteroatoms. The van der Waals surface area contributed by atoms with E-state index < -0.39 is 0 Å². The third-order valence-electron chi connectivity index (χ3n) is 2.28. The number of halogens is 1. The van der Waals surface area contributed by atoms with Crippen molar-refractivity contribution < 1.29 is 9.53 Å². The van der Waals surface area contributed by atoms with Crippen LogP contribution >= 0.6 is 15.9 Å². The average molecular weight is 286 g/mol. The molecule has 0 fully saturated rings. The Hall–Kier alpha value is -0.870. The third-order valence-corrected chi connectivity index (χ3v) is 2.78. The fourth-order valence-electron chi connectivity index (χ4n) is 1.39. The summed E-state index contributed by atoms with van der Waals surface area (Å²) in [5, 5.41) is 2.80. The van der Waals surface area contributed by atoms with E-state index in [-0.39, 0.29) is 5.91 Å². The molecule has 16 heavy (non-hydrogen) atoms. The number of carbonyl (C=O) groups excluding carboxylic acids is 1. The number of methoxy groups -OCH3 is 1. The van der Waals surface area contributed by atoms with E-state index in [2.05, 4.69) is 21.2 Å². The van der Waals surface area contributed by atoms with E-state index >= 15 is 0 Å². The summed E-state index contributed by atoms with van der Waals surface area (Å²) in [7, 11) is 1.62. The van der Waals surface area contributed by atoms with Crippen molar-refractivity contribution in [1.29, 1.82) is 0 Å². The molecule has 3 nitrogen and oxygen atoms in total. The summed E-state index contributed by atoms with van der Waals surface area (Å²) >= 11 is 3.40. The van der Waals surface area contributed by atoms with Gasteiger partial charge in [0.15, 0.2) is 0 Å². The van der Waals surface area contributed by atoms with Crippen LogP contribution in [-0.4, -0.2) is 26.2 Å². The summed E-state index contributed by atoms with van der Waals surface area (Å²) in [4.78, 5) is 11.5. The quantitative estimate of drug-likeness (QED) is 0.841. The molecule has 1 amide bonds. The molecule has 1 aromatic rings. The Morgan fingerprint density at radius 1 is 1.50 bits per heavy atom. The van der Waals surface area contributed by atoms with Crippen LogP contribution in [0.1, 0.15) is 11.1 Å². The number of nitrogens with one attached hydrogen (secondary N) is 1. The monoisotopic (exact) mass is 285 g/mol. The van der Waals surface area contributed by atoms with Crippen LogP contribution in [0.25, 0.3) is 0 Å². The highest BCUT2D eigenvalue weighted by molar-refractivity contribution is 9.10.